The Bertz CT molecular complexity index is 1210. The molecule has 1 saturated heterocycles. The third-order valence-corrected chi connectivity index (χ3v) is 10.4. The Morgan fingerprint density at radius 1 is 0.982 bits per heavy atom. The number of benzene rings is 1. The van der Waals surface area contributed by atoms with Crippen LogP contribution < -0.4 is 21.7 Å². The predicted molar refractivity (Wildman–Crippen MR) is 236 cm³/mol. The van der Waals surface area contributed by atoms with Crippen molar-refractivity contribution >= 4 is 29.7 Å². The fourth-order valence-electron chi connectivity index (χ4n) is 7.09. The Hall–Kier alpha value is -3.10. The Labute approximate surface area is 347 Å². The molecule has 1 aliphatic rings. The highest BCUT2D eigenvalue weighted by Crippen LogP contribution is 2.29. The van der Waals surface area contributed by atoms with Crippen LogP contribution in [0.4, 0.5) is 5.69 Å². The Morgan fingerprint density at radius 2 is 1.56 bits per heavy atom. The Balaban J connectivity index is 0. The van der Waals surface area contributed by atoms with Gasteiger partial charge in [-0.15, -0.1) is 0 Å². The first-order valence-corrected chi connectivity index (χ1v) is 21.2. The molecular weight excluding hydrogens is 723 g/mol. The van der Waals surface area contributed by atoms with Gasteiger partial charge in [0, 0.05) is 53.1 Å². The maximum Gasteiger partial charge on any atom is 0.236 e. The van der Waals surface area contributed by atoms with Gasteiger partial charge in [-0.05, 0) is 69.9 Å². The van der Waals surface area contributed by atoms with Crippen molar-refractivity contribution in [3.05, 3.63) is 29.8 Å². The highest BCUT2D eigenvalue weighted by atomic mass is 16.5. The summed E-state index contributed by atoms with van der Waals surface area (Å²) in [6.45, 7) is 19.4. The molecule has 8 unspecified atom stereocenters. The van der Waals surface area contributed by atoms with Gasteiger partial charge in [0.25, 0.3) is 0 Å². The van der Waals surface area contributed by atoms with Crippen molar-refractivity contribution in [2.75, 3.05) is 74.4 Å². The minimum absolute atomic E-state index is 0.0496. The molecule has 1 fully saturated rings. The van der Waals surface area contributed by atoms with Crippen LogP contribution in [0, 0.1) is 17.8 Å². The molecule has 0 aliphatic carbocycles. The van der Waals surface area contributed by atoms with Crippen LogP contribution in [-0.2, 0) is 35.1 Å². The number of anilines is 1. The average molecular weight is 808 g/mol. The topological polar surface area (TPSA) is 159 Å². The monoisotopic (exact) mass is 808 g/mol. The summed E-state index contributed by atoms with van der Waals surface area (Å²) in [6, 6.07) is 7.39. The van der Waals surface area contributed by atoms with E-state index in [0.717, 1.165) is 36.8 Å². The molecule has 0 radical (unpaired) electrons. The van der Waals surface area contributed by atoms with E-state index in [1.54, 1.807) is 33.2 Å². The predicted octanol–water partition coefficient (Wildman–Crippen LogP) is 5.07. The van der Waals surface area contributed by atoms with Crippen LogP contribution in [0.3, 0.4) is 0 Å². The first-order chi connectivity index (χ1) is 27.1. The van der Waals surface area contributed by atoms with E-state index in [-0.39, 0.29) is 60.8 Å². The van der Waals surface area contributed by atoms with Crippen molar-refractivity contribution in [2.24, 2.45) is 23.5 Å². The number of nitrogens with zero attached hydrogens (tertiary/aromatic N) is 3. The lowest BCUT2D eigenvalue weighted by Crippen LogP contribution is -2.54. The number of hydrogen-bond donors (Lipinski definition) is 4. The molecule has 1 aromatic carbocycles. The lowest BCUT2D eigenvalue weighted by atomic mass is 9.90. The van der Waals surface area contributed by atoms with Gasteiger partial charge in [-0.2, -0.15) is 0 Å². The molecule has 8 atom stereocenters. The summed E-state index contributed by atoms with van der Waals surface area (Å²) in [5.74, 6) is -0.212. The molecule has 5 N–H and O–H groups in total. The Morgan fingerprint density at radius 3 is 1.96 bits per heavy atom. The van der Waals surface area contributed by atoms with E-state index >= 15 is 0 Å². The van der Waals surface area contributed by atoms with Gasteiger partial charge >= 0.3 is 0 Å². The highest BCUT2D eigenvalue weighted by molar-refractivity contribution is 5.81. The lowest BCUT2D eigenvalue weighted by Gasteiger charge is -2.39. The summed E-state index contributed by atoms with van der Waals surface area (Å²) in [6.07, 6.45) is 4.45. The van der Waals surface area contributed by atoms with E-state index < -0.39 is 18.1 Å². The van der Waals surface area contributed by atoms with E-state index in [0.29, 0.717) is 25.4 Å². The van der Waals surface area contributed by atoms with Crippen molar-refractivity contribution in [1.29, 1.82) is 0 Å². The van der Waals surface area contributed by atoms with Gasteiger partial charge in [0.2, 0.25) is 17.7 Å². The van der Waals surface area contributed by atoms with Crippen molar-refractivity contribution in [3.8, 4) is 0 Å². The first kappa shape index (κ1) is 56.0. The van der Waals surface area contributed by atoms with E-state index in [1.807, 2.05) is 89.8 Å². The third kappa shape index (κ3) is 19.5. The molecule has 2 rings (SSSR count). The second-order valence-corrected chi connectivity index (χ2v) is 15.3. The number of ether oxygens (including phenoxy) is 2. The summed E-state index contributed by atoms with van der Waals surface area (Å²) in [4.78, 5) is 55.8. The minimum Gasteiger partial charge on any atom is -0.388 e. The molecule has 332 valence electrons. The number of hydrogen-bond acceptors (Lipinski definition) is 10. The van der Waals surface area contributed by atoms with Crippen molar-refractivity contribution in [2.45, 2.75) is 137 Å². The van der Waals surface area contributed by atoms with Crippen molar-refractivity contribution in [3.63, 3.8) is 0 Å². The molecule has 13 nitrogen and oxygen atoms in total. The van der Waals surface area contributed by atoms with E-state index in [2.05, 4.69) is 43.6 Å². The molecule has 1 aliphatic heterocycles. The number of carbonyl (C=O) groups excluding carboxylic acids is 4. The van der Waals surface area contributed by atoms with Gasteiger partial charge < -0.3 is 45.8 Å². The molecule has 1 aromatic rings. The van der Waals surface area contributed by atoms with Gasteiger partial charge in [0.05, 0.1) is 49.2 Å². The number of rotatable bonds is 21. The largest absolute Gasteiger partial charge is 0.388 e. The van der Waals surface area contributed by atoms with E-state index in [4.69, 9.17) is 15.2 Å². The molecular formula is C44H85N7O6. The fraction of sp³-hybridized carbons (Fsp3) is 0.773. The number of amides is 3. The van der Waals surface area contributed by atoms with Gasteiger partial charge in [0.1, 0.15) is 6.29 Å². The van der Waals surface area contributed by atoms with E-state index in [9.17, 15) is 19.2 Å². The van der Waals surface area contributed by atoms with Gasteiger partial charge in [-0.3, -0.25) is 19.3 Å². The van der Waals surface area contributed by atoms with Crippen molar-refractivity contribution in [1.82, 2.24) is 25.3 Å². The molecule has 13 heteroatoms. The number of carbonyl (C=O) groups is 4. The molecule has 3 amide bonds. The molecule has 1 heterocycles. The quantitative estimate of drug-likeness (QED) is 0.124. The molecule has 0 saturated carbocycles. The van der Waals surface area contributed by atoms with Crippen LogP contribution in [-0.4, -0.2) is 144 Å². The number of likely N-dealkylation sites (tertiary alicyclic amines) is 1. The van der Waals surface area contributed by atoms with Gasteiger partial charge in [-0.1, -0.05) is 87.3 Å². The fourth-order valence-corrected chi connectivity index (χ4v) is 7.09. The number of methoxy groups -OCH3 is 2. The van der Waals surface area contributed by atoms with E-state index in [1.165, 1.54) is 6.42 Å². The van der Waals surface area contributed by atoms with Crippen LogP contribution in [0.2, 0.25) is 0 Å². The minimum atomic E-state index is -0.500. The molecule has 0 spiro atoms. The number of aldehydes is 1. The standard InChI is InChI=1S/C32H56N6O5.C7H15NO.C3H8.C2H6/c1-9-21(2)30(37(6)29(40)20-34-4)27(42-7)18-28(39)38-16-10-11-26(38)31(43-8)22(3)32(41)36-25(19-33)17-23-12-14-24(35-5)15-13-23;1-6(2)7(5-9)8(3)4;1-3-2;1-2/h12-15,21-22,25-27,30-31,34-35H,9-11,16-20,33H2,1-8H3,(H,36,41);5-7H,1-4H3;3H2,1-2H3;1-2H3. The zero-order valence-electron chi connectivity index (χ0n) is 38.8. The van der Waals surface area contributed by atoms with Crippen LogP contribution in [0.5, 0.6) is 0 Å². The van der Waals surface area contributed by atoms with Crippen LogP contribution in [0.15, 0.2) is 24.3 Å². The third-order valence-electron chi connectivity index (χ3n) is 10.4. The zero-order valence-corrected chi connectivity index (χ0v) is 38.8. The highest BCUT2D eigenvalue weighted by Gasteiger charge is 2.42. The number of likely N-dealkylation sites (N-methyl/N-ethyl adjacent to an activating group) is 3. The maximum absolute atomic E-state index is 13.8. The SMILES string of the molecule is CC.CC(C)C(C=O)N(C)C.CCC.CCC(C)C(C(CC(=O)N1CCCC1C(OC)C(C)C(=O)NC(CN)Cc1ccc(NC)cc1)OC)N(C)C(=O)CNC. The van der Waals surface area contributed by atoms with Crippen LogP contribution >= 0.6 is 0 Å². The van der Waals surface area contributed by atoms with Gasteiger partial charge in [-0.25, -0.2) is 0 Å². The normalized spacial score (nSPS) is 17.2. The average Bonchev–Trinajstić information content (AvgIpc) is 3.68. The van der Waals surface area contributed by atoms with Crippen LogP contribution in [0.1, 0.15) is 100.0 Å². The Kier molecular flexibility index (Phi) is 31.3. The summed E-state index contributed by atoms with van der Waals surface area (Å²) in [7, 11) is 12.4. The molecule has 0 bridgehead atoms. The summed E-state index contributed by atoms with van der Waals surface area (Å²) < 4.78 is 11.8. The second-order valence-electron chi connectivity index (χ2n) is 15.3. The summed E-state index contributed by atoms with van der Waals surface area (Å²) in [5.41, 5.74) is 8.14. The van der Waals surface area contributed by atoms with Crippen LogP contribution in [0.25, 0.3) is 0 Å². The maximum atomic E-state index is 13.8. The summed E-state index contributed by atoms with van der Waals surface area (Å²) in [5, 5.41) is 9.13. The second kappa shape index (κ2) is 31.8. The van der Waals surface area contributed by atoms with Crippen molar-refractivity contribution < 1.29 is 28.7 Å². The first-order valence-electron chi connectivity index (χ1n) is 21.2. The molecule has 57 heavy (non-hydrogen) atoms. The number of nitrogens with two attached hydrogens (primary N) is 1. The zero-order chi connectivity index (χ0) is 44.2. The van der Waals surface area contributed by atoms with Gasteiger partial charge in [0.15, 0.2) is 0 Å². The molecule has 0 aromatic heterocycles. The summed E-state index contributed by atoms with van der Waals surface area (Å²) >= 11 is 0. The number of nitrogens with one attached hydrogen (secondary N) is 3. The lowest BCUT2D eigenvalue weighted by molar-refractivity contribution is -0.145. The smallest absolute Gasteiger partial charge is 0.236 e.